The molecule has 1 fully saturated rings. The summed E-state index contributed by atoms with van der Waals surface area (Å²) < 4.78 is 62.4. The number of carbonyl (C=O) groups excluding carboxylic acids is 1. The van der Waals surface area contributed by atoms with E-state index in [4.69, 9.17) is 0 Å². The topological polar surface area (TPSA) is 37.4 Å². The lowest BCUT2D eigenvalue weighted by Crippen LogP contribution is -2.42. The van der Waals surface area contributed by atoms with Gasteiger partial charge in [0.1, 0.15) is 5.82 Å². The molecule has 1 aliphatic rings. The van der Waals surface area contributed by atoms with E-state index in [-0.39, 0.29) is 24.6 Å². The summed E-state index contributed by atoms with van der Waals surface area (Å²) in [6.45, 7) is 0.308. The normalized spacial score (nSPS) is 17.3. The summed E-state index contributed by atoms with van der Waals surface area (Å²) in [6, 6.07) is 1.75. The fourth-order valence-corrected chi connectivity index (χ4v) is 2.93. The highest BCUT2D eigenvalue weighted by Gasteiger charge is 2.33. The second-order valence-corrected chi connectivity index (χ2v) is 6.03. The van der Waals surface area contributed by atoms with E-state index in [9.17, 15) is 26.6 Å². The molecule has 0 atom stereocenters. The van der Waals surface area contributed by atoms with Crippen LogP contribution in [0.3, 0.4) is 0 Å². The third-order valence-corrected chi connectivity index (χ3v) is 4.26. The third kappa shape index (κ3) is 3.17. The smallest absolute Gasteiger partial charge is 0.337 e. The van der Waals surface area contributed by atoms with Crippen LogP contribution in [-0.4, -0.2) is 39.6 Å². The van der Waals surface area contributed by atoms with Gasteiger partial charge in [-0.25, -0.2) is 4.39 Å². The Kier molecular flexibility index (Phi) is 4.12. The molecule has 0 radical (unpaired) electrons. The van der Waals surface area contributed by atoms with Crippen molar-refractivity contribution in [3.05, 3.63) is 35.1 Å². The van der Waals surface area contributed by atoms with Gasteiger partial charge in [0.2, 0.25) is 0 Å². The minimum atomic E-state index is -4.63. The van der Waals surface area contributed by atoms with Crippen LogP contribution >= 0.6 is 0 Å². The molecular weight excluding hydrogens is 298 g/mol. The van der Waals surface area contributed by atoms with Gasteiger partial charge in [-0.15, -0.1) is 0 Å². The van der Waals surface area contributed by atoms with E-state index in [1.54, 1.807) is 0 Å². The van der Waals surface area contributed by atoms with Crippen molar-refractivity contribution >= 4 is 16.7 Å². The number of hydrogen-bond donors (Lipinski definition) is 0. The van der Waals surface area contributed by atoms with Crippen molar-refractivity contribution in [3.8, 4) is 0 Å². The summed E-state index contributed by atoms with van der Waals surface area (Å²) in [5.41, 5.74) is -1.67. The highest BCUT2D eigenvalue weighted by molar-refractivity contribution is 7.85. The summed E-state index contributed by atoms with van der Waals surface area (Å²) in [7, 11) is -1.03. The number of nitrogens with zero attached hydrogens (tertiary/aromatic N) is 1. The molecule has 0 bridgehead atoms. The maximum absolute atomic E-state index is 13.6. The second kappa shape index (κ2) is 5.51. The van der Waals surface area contributed by atoms with Gasteiger partial charge in [-0.2, -0.15) is 13.2 Å². The molecule has 0 unspecified atom stereocenters. The van der Waals surface area contributed by atoms with Crippen LogP contribution in [-0.2, 0) is 17.0 Å². The molecule has 110 valence electrons. The molecule has 1 heterocycles. The van der Waals surface area contributed by atoms with Crippen LogP contribution < -0.4 is 0 Å². The predicted molar refractivity (Wildman–Crippen MR) is 65.2 cm³/mol. The van der Waals surface area contributed by atoms with Crippen molar-refractivity contribution in [2.75, 3.05) is 24.6 Å². The van der Waals surface area contributed by atoms with Crippen LogP contribution in [0.1, 0.15) is 15.9 Å². The molecule has 1 aliphatic heterocycles. The lowest BCUT2D eigenvalue weighted by Gasteiger charge is -2.26. The third-order valence-electron chi connectivity index (χ3n) is 2.99. The summed E-state index contributed by atoms with van der Waals surface area (Å²) in [5.74, 6) is -1.28. The first-order valence-corrected chi connectivity index (χ1v) is 7.29. The molecule has 1 saturated heterocycles. The SMILES string of the molecule is O=C(c1cc(C(F)(F)F)ccc1F)N1CCS(=O)CC1. The van der Waals surface area contributed by atoms with Crippen molar-refractivity contribution in [3.63, 3.8) is 0 Å². The van der Waals surface area contributed by atoms with Crippen LogP contribution in [0.4, 0.5) is 17.6 Å². The Bertz CT molecular complexity index is 549. The predicted octanol–water partition coefficient (Wildman–Crippen LogP) is 2.05. The zero-order chi connectivity index (χ0) is 14.9. The average Bonchev–Trinajstić information content (AvgIpc) is 2.38. The molecule has 1 aromatic rings. The van der Waals surface area contributed by atoms with Crippen molar-refractivity contribution in [1.82, 2.24) is 4.90 Å². The van der Waals surface area contributed by atoms with Crippen molar-refractivity contribution in [2.24, 2.45) is 0 Å². The van der Waals surface area contributed by atoms with Gasteiger partial charge in [0, 0.05) is 35.4 Å². The molecule has 3 nitrogen and oxygen atoms in total. The van der Waals surface area contributed by atoms with Crippen LogP contribution in [0.2, 0.25) is 0 Å². The number of benzene rings is 1. The van der Waals surface area contributed by atoms with E-state index in [1.165, 1.54) is 4.90 Å². The molecule has 0 N–H and O–H groups in total. The Morgan fingerprint density at radius 2 is 1.80 bits per heavy atom. The lowest BCUT2D eigenvalue weighted by atomic mass is 10.1. The number of carbonyl (C=O) groups is 1. The van der Waals surface area contributed by atoms with E-state index < -0.39 is 39.8 Å². The second-order valence-electron chi connectivity index (χ2n) is 4.33. The van der Waals surface area contributed by atoms with Gasteiger partial charge in [-0.1, -0.05) is 0 Å². The molecule has 0 aromatic heterocycles. The van der Waals surface area contributed by atoms with Gasteiger partial charge in [0.15, 0.2) is 0 Å². The Morgan fingerprint density at radius 1 is 1.20 bits per heavy atom. The molecule has 2 rings (SSSR count). The van der Waals surface area contributed by atoms with Crippen LogP contribution in [0.25, 0.3) is 0 Å². The van der Waals surface area contributed by atoms with Gasteiger partial charge in [0.25, 0.3) is 5.91 Å². The summed E-state index contributed by atoms with van der Waals surface area (Å²) in [5, 5.41) is 0. The number of alkyl halides is 3. The first-order valence-electron chi connectivity index (χ1n) is 5.80. The van der Waals surface area contributed by atoms with E-state index in [1.807, 2.05) is 0 Å². The minimum Gasteiger partial charge on any atom is -0.337 e. The molecule has 0 aliphatic carbocycles. The van der Waals surface area contributed by atoms with Crippen LogP contribution in [0.5, 0.6) is 0 Å². The van der Waals surface area contributed by atoms with Gasteiger partial charge >= 0.3 is 6.18 Å². The molecule has 1 aromatic carbocycles. The van der Waals surface area contributed by atoms with Crippen LogP contribution in [0, 0.1) is 5.82 Å². The quantitative estimate of drug-likeness (QED) is 0.745. The number of hydrogen-bond acceptors (Lipinski definition) is 2. The summed E-state index contributed by atoms with van der Waals surface area (Å²) in [4.78, 5) is 13.2. The maximum atomic E-state index is 13.6. The number of rotatable bonds is 1. The number of amides is 1. The Hall–Kier alpha value is -1.44. The van der Waals surface area contributed by atoms with Crippen molar-refractivity contribution in [1.29, 1.82) is 0 Å². The van der Waals surface area contributed by atoms with Crippen molar-refractivity contribution < 1.29 is 26.6 Å². The minimum absolute atomic E-state index is 0.154. The maximum Gasteiger partial charge on any atom is 0.416 e. The molecule has 8 heteroatoms. The number of halogens is 4. The molecule has 0 spiro atoms. The molecular formula is C12H11F4NO2S. The summed E-state index contributed by atoms with van der Waals surface area (Å²) >= 11 is 0. The van der Waals surface area contributed by atoms with Gasteiger partial charge in [0.05, 0.1) is 11.1 Å². The van der Waals surface area contributed by atoms with E-state index in [0.717, 1.165) is 0 Å². The van der Waals surface area contributed by atoms with Gasteiger partial charge in [-0.3, -0.25) is 9.00 Å². The fraction of sp³-hybridized carbons (Fsp3) is 0.417. The van der Waals surface area contributed by atoms with Gasteiger partial charge in [-0.05, 0) is 18.2 Å². The largest absolute Gasteiger partial charge is 0.416 e. The Balaban J connectivity index is 2.27. The molecule has 20 heavy (non-hydrogen) atoms. The Morgan fingerprint density at radius 3 is 2.35 bits per heavy atom. The molecule has 0 saturated carbocycles. The fourth-order valence-electron chi connectivity index (χ4n) is 1.88. The zero-order valence-electron chi connectivity index (χ0n) is 10.2. The van der Waals surface area contributed by atoms with Gasteiger partial charge < -0.3 is 4.90 Å². The highest BCUT2D eigenvalue weighted by atomic mass is 32.2. The lowest BCUT2D eigenvalue weighted by molar-refractivity contribution is -0.137. The van der Waals surface area contributed by atoms with Crippen molar-refractivity contribution in [2.45, 2.75) is 6.18 Å². The van der Waals surface area contributed by atoms with E-state index in [2.05, 4.69) is 0 Å². The first kappa shape index (κ1) is 15.0. The molecule has 1 amide bonds. The van der Waals surface area contributed by atoms with Crippen LogP contribution in [0.15, 0.2) is 18.2 Å². The summed E-state index contributed by atoms with van der Waals surface area (Å²) in [6.07, 6.45) is -4.63. The standard InChI is InChI=1S/C12H11F4NO2S/c13-10-2-1-8(12(14,15)16)7-9(10)11(18)17-3-5-20(19)6-4-17/h1-2,7H,3-6H2. The first-order chi connectivity index (χ1) is 9.29. The zero-order valence-corrected chi connectivity index (χ0v) is 11.1. The highest BCUT2D eigenvalue weighted by Crippen LogP contribution is 2.30. The Labute approximate surface area is 115 Å². The van der Waals surface area contributed by atoms with E-state index >= 15 is 0 Å². The van der Waals surface area contributed by atoms with E-state index in [0.29, 0.717) is 18.2 Å². The monoisotopic (exact) mass is 309 g/mol. The average molecular weight is 309 g/mol.